The molecule has 0 amide bonds. The summed E-state index contributed by atoms with van der Waals surface area (Å²) < 4.78 is 12.2. The number of halogens is 1. The van der Waals surface area contributed by atoms with E-state index in [2.05, 4.69) is 40.8 Å². The van der Waals surface area contributed by atoms with Crippen molar-refractivity contribution in [3.05, 3.63) is 40.0 Å². The SMILES string of the molecule is COC1(OC)C(=O)[C@H]2C=C(I)[C@@H]1C[C@@H]2Sc1ccccc1. The molecule has 3 atom stereocenters. The predicted octanol–water partition coefficient (Wildman–Crippen LogP) is 3.67. The van der Waals surface area contributed by atoms with Crippen LogP contribution in [0.15, 0.2) is 44.9 Å². The van der Waals surface area contributed by atoms with Crippen LogP contribution in [0.3, 0.4) is 0 Å². The highest BCUT2D eigenvalue weighted by molar-refractivity contribution is 14.1. The van der Waals surface area contributed by atoms with Crippen molar-refractivity contribution in [3.63, 3.8) is 0 Å². The quantitative estimate of drug-likeness (QED) is 0.555. The molecular formula is C16H17IO3S. The Balaban J connectivity index is 1.89. The van der Waals surface area contributed by atoms with Crippen molar-refractivity contribution in [2.75, 3.05) is 14.2 Å². The Bertz CT molecular complexity index is 568. The highest BCUT2D eigenvalue weighted by atomic mass is 127. The maximum absolute atomic E-state index is 12.8. The van der Waals surface area contributed by atoms with Gasteiger partial charge in [0.25, 0.3) is 0 Å². The van der Waals surface area contributed by atoms with Crippen molar-refractivity contribution in [2.45, 2.75) is 22.4 Å². The summed E-state index contributed by atoms with van der Waals surface area (Å²) in [5.41, 5.74) is 0. The lowest BCUT2D eigenvalue weighted by Gasteiger charge is -2.49. The number of ether oxygens (including phenoxy) is 2. The molecule has 0 saturated heterocycles. The van der Waals surface area contributed by atoms with E-state index in [1.807, 2.05) is 18.2 Å². The van der Waals surface area contributed by atoms with Gasteiger partial charge in [-0.05, 0) is 44.7 Å². The van der Waals surface area contributed by atoms with Crippen LogP contribution >= 0.6 is 34.4 Å². The third kappa shape index (κ3) is 2.48. The number of allylic oxidation sites excluding steroid dienone is 1. The zero-order valence-electron chi connectivity index (χ0n) is 11.9. The molecule has 0 radical (unpaired) electrons. The number of methoxy groups -OCH3 is 2. The van der Waals surface area contributed by atoms with E-state index in [1.54, 1.807) is 26.0 Å². The van der Waals surface area contributed by atoms with E-state index < -0.39 is 5.79 Å². The first-order valence-electron chi connectivity index (χ1n) is 6.86. The summed E-state index contributed by atoms with van der Waals surface area (Å²) in [4.78, 5) is 14.0. The Kier molecular flexibility index (Phi) is 4.45. The van der Waals surface area contributed by atoms with E-state index in [4.69, 9.17) is 9.47 Å². The van der Waals surface area contributed by atoms with Crippen molar-refractivity contribution >= 4 is 40.1 Å². The summed E-state index contributed by atoms with van der Waals surface area (Å²) >= 11 is 4.09. The molecule has 4 rings (SSSR count). The molecule has 0 aliphatic heterocycles. The number of ketones is 1. The molecule has 1 aromatic rings. The molecule has 0 heterocycles. The minimum atomic E-state index is -1.09. The van der Waals surface area contributed by atoms with E-state index in [1.165, 1.54) is 8.48 Å². The van der Waals surface area contributed by atoms with Crippen LogP contribution in [-0.2, 0) is 14.3 Å². The maximum atomic E-state index is 12.8. The Labute approximate surface area is 142 Å². The average molecular weight is 416 g/mol. The topological polar surface area (TPSA) is 35.5 Å². The molecule has 0 unspecified atom stereocenters. The fraction of sp³-hybridized carbons (Fsp3) is 0.438. The fourth-order valence-electron chi connectivity index (χ4n) is 3.24. The van der Waals surface area contributed by atoms with Crippen LogP contribution in [0.5, 0.6) is 0 Å². The van der Waals surface area contributed by atoms with Crippen molar-refractivity contribution in [1.29, 1.82) is 0 Å². The minimum absolute atomic E-state index is 0.00758. The van der Waals surface area contributed by atoms with E-state index in [0.717, 1.165) is 6.42 Å². The highest BCUT2D eigenvalue weighted by Crippen LogP contribution is 2.53. The normalized spacial score (nSPS) is 30.3. The Morgan fingerprint density at radius 1 is 1.24 bits per heavy atom. The van der Waals surface area contributed by atoms with E-state index >= 15 is 0 Å². The van der Waals surface area contributed by atoms with Crippen LogP contribution in [0, 0.1) is 11.8 Å². The lowest BCUT2D eigenvalue weighted by Crippen LogP contribution is -2.60. The molecule has 1 aromatic carbocycles. The molecule has 2 bridgehead atoms. The number of fused-ring (bicyclic) bond motifs is 2. The lowest BCUT2D eigenvalue weighted by atomic mass is 9.70. The first kappa shape index (κ1) is 15.5. The van der Waals surface area contributed by atoms with Crippen LogP contribution in [0.4, 0.5) is 0 Å². The highest BCUT2D eigenvalue weighted by Gasteiger charge is 2.59. The number of hydrogen-bond donors (Lipinski definition) is 0. The summed E-state index contributed by atoms with van der Waals surface area (Å²) in [5.74, 6) is -1.19. The van der Waals surface area contributed by atoms with Crippen molar-refractivity contribution in [3.8, 4) is 0 Å². The molecule has 112 valence electrons. The molecule has 3 nitrogen and oxygen atoms in total. The first-order chi connectivity index (χ1) is 10.1. The number of rotatable bonds is 4. The van der Waals surface area contributed by atoms with Gasteiger partial charge >= 0.3 is 0 Å². The smallest absolute Gasteiger partial charge is 0.236 e. The Morgan fingerprint density at radius 2 is 1.90 bits per heavy atom. The average Bonchev–Trinajstić information content (AvgIpc) is 2.51. The molecule has 0 N–H and O–H groups in total. The fourth-order valence-corrected chi connectivity index (χ4v) is 5.59. The lowest BCUT2D eigenvalue weighted by molar-refractivity contribution is -0.235. The van der Waals surface area contributed by atoms with Gasteiger partial charge in [0.1, 0.15) is 0 Å². The first-order valence-corrected chi connectivity index (χ1v) is 8.81. The van der Waals surface area contributed by atoms with Crippen molar-refractivity contribution in [1.82, 2.24) is 0 Å². The molecule has 1 saturated carbocycles. The van der Waals surface area contributed by atoms with Gasteiger partial charge in [0.15, 0.2) is 0 Å². The van der Waals surface area contributed by atoms with E-state index in [-0.39, 0.29) is 22.9 Å². The van der Waals surface area contributed by atoms with Gasteiger partial charge in [-0.15, -0.1) is 11.8 Å². The maximum Gasteiger partial charge on any atom is 0.236 e. The third-order valence-corrected chi connectivity index (χ3v) is 6.73. The van der Waals surface area contributed by atoms with Crippen LogP contribution < -0.4 is 0 Å². The number of benzene rings is 1. The van der Waals surface area contributed by atoms with Crippen molar-refractivity contribution in [2.24, 2.45) is 11.8 Å². The predicted molar refractivity (Wildman–Crippen MR) is 91.5 cm³/mol. The monoisotopic (exact) mass is 416 g/mol. The zero-order valence-corrected chi connectivity index (χ0v) is 14.9. The summed E-state index contributed by atoms with van der Waals surface area (Å²) in [6.07, 6.45) is 2.99. The Morgan fingerprint density at radius 3 is 2.52 bits per heavy atom. The second kappa shape index (κ2) is 6.02. The molecule has 3 aliphatic rings. The van der Waals surface area contributed by atoms with Gasteiger partial charge in [0.2, 0.25) is 11.6 Å². The van der Waals surface area contributed by atoms with Crippen LogP contribution in [0.2, 0.25) is 0 Å². The van der Waals surface area contributed by atoms with Gasteiger partial charge in [-0.2, -0.15) is 0 Å². The minimum Gasteiger partial charge on any atom is -0.346 e. The van der Waals surface area contributed by atoms with Crippen LogP contribution in [-0.4, -0.2) is 31.0 Å². The zero-order chi connectivity index (χ0) is 15.0. The third-order valence-electron chi connectivity index (χ3n) is 4.28. The van der Waals surface area contributed by atoms with Gasteiger partial charge in [0, 0.05) is 24.4 Å². The van der Waals surface area contributed by atoms with Crippen LogP contribution in [0.1, 0.15) is 6.42 Å². The second-order valence-corrected chi connectivity index (χ2v) is 7.83. The number of hydrogen-bond acceptors (Lipinski definition) is 4. The molecular weight excluding hydrogens is 399 g/mol. The van der Waals surface area contributed by atoms with Gasteiger partial charge in [-0.1, -0.05) is 24.3 Å². The van der Waals surface area contributed by atoms with Gasteiger partial charge in [0.05, 0.1) is 11.8 Å². The van der Waals surface area contributed by atoms with E-state index in [0.29, 0.717) is 0 Å². The van der Waals surface area contributed by atoms with Gasteiger partial charge in [-0.25, -0.2) is 0 Å². The number of thioether (sulfide) groups is 1. The van der Waals surface area contributed by atoms with Crippen molar-refractivity contribution < 1.29 is 14.3 Å². The summed E-state index contributed by atoms with van der Waals surface area (Å²) in [6.45, 7) is 0. The molecule has 0 aromatic heterocycles. The Hall–Kier alpha value is -0.370. The largest absolute Gasteiger partial charge is 0.346 e. The van der Waals surface area contributed by atoms with Gasteiger partial charge < -0.3 is 9.47 Å². The van der Waals surface area contributed by atoms with Gasteiger partial charge in [-0.3, -0.25) is 4.79 Å². The standard InChI is InChI=1S/C16H17IO3S/c1-19-16(20-2)12-9-14(11(15(16)18)8-13(12)17)21-10-6-4-3-5-7-10/h3-8,11-12,14H,9H2,1-2H3/t11-,12-,14-/m0/s1. The summed E-state index contributed by atoms with van der Waals surface area (Å²) in [7, 11) is 3.12. The molecule has 5 heteroatoms. The number of carbonyl (C=O) groups excluding carboxylic acids is 1. The number of Topliss-reactive ketones (excluding diaryl/α,β-unsaturated/α-hetero) is 1. The molecule has 1 fully saturated rings. The number of carbonyl (C=O) groups is 1. The summed E-state index contributed by atoms with van der Waals surface area (Å²) in [5, 5.41) is 0.252. The molecule has 21 heavy (non-hydrogen) atoms. The summed E-state index contributed by atoms with van der Waals surface area (Å²) in [6, 6.07) is 10.2. The van der Waals surface area contributed by atoms with Crippen LogP contribution in [0.25, 0.3) is 0 Å². The van der Waals surface area contributed by atoms with E-state index in [9.17, 15) is 4.79 Å². The molecule has 0 spiro atoms. The second-order valence-electron chi connectivity index (χ2n) is 5.27. The molecule has 3 aliphatic carbocycles.